The van der Waals surface area contributed by atoms with Crippen LogP contribution in [0.25, 0.3) is 0 Å². The van der Waals surface area contributed by atoms with Gasteiger partial charge in [0.25, 0.3) is 0 Å². The lowest BCUT2D eigenvalue weighted by atomic mass is 10.1. The minimum absolute atomic E-state index is 0.0692. The number of halogens is 6. The standard InChI is InChI=1S/C14H10F6N2O2S/c15-13(16,17)5-1-7(21)9(23)3-11(5)25-12-4-10(24)8(22)2-6(12)14(18,19)20/h1-4,23-24H,21-22H2. The number of hydrogen-bond donors (Lipinski definition) is 4. The molecule has 0 radical (unpaired) electrons. The van der Waals surface area contributed by atoms with Gasteiger partial charge < -0.3 is 21.7 Å². The zero-order chi connectivity index (χ0) is 19.2. The maximum atomic E-state index is 13.1. The van der Waals surface area contributed by atoms with Crippen LogP contribution >= 0.6 is 11.8 Å². The summed E-state index contributed by atoms with van der Waals surface area (Å²) in [6.45, 7) is 0. The van der Waals surface area contributed by atoms with Crippen molar-refractivity contribution in [2.24, 2.45) is 0 Å². The van der Waals surface area contributed by atoms with E-state index in [-0.39, 0.29) is 11.8 Å². The highest BCUT2D eigenvalue weighted by Gasteiger charge is 2.37. The molecule has 0 spiro atoms. The molecular formula is C14H10F6N2O2S. The van der Waals surface area contributed by atoms with Crippen molar-refractivity contribution in [3.8, 4) is 11.5 Å². The van der Waals surface area contributed by atoms with Gasteiger partial charge in [0, 0.05) is 9.79 Å². The highest BCUT2D eigenvalue weighted by molar-refractivity contribution is 7.99. The lowest BCUT2D eigenvalue weighted by molar-refractivity contribution is -0.140. The summed E-state index contributed by atoms with van der Waals surface area (Å²) in [5.74, 6) is -1.44. The number of benzene rings is 2. The zero-order valence-corrected chi connectivity index (χ0v) is 12.9. The molecule has 0 saturated heterocycles. The van der Waals surface area contributed by atoms with E-state index in [0.29, 0.717) is 24.3 Å². The molecule has 4 nitrogen and oxygen atoms in total. The van der Waals surface area contributed by atoms with Crippen molar-refractivity contribution in [1.29, 1.82) is 0 Å². The normalized spacial score (nSPS) is 12.4. The second-order valence-electron chi connectivity index (χ2n) is 4.91. The van der Waals surface area contributed by atoms with Crippen LogP contribution in [0.1, 0.15) is 11.1 Å². The maximum absolute atomic E-state index is 13.1. The Bertz CT molecular complexity index is 753. The minimum atomic E-state index is -4.92. The second kappa shape index (κ2) is 6.14. The summed E-state index contributed by atoms with van der Waals surface area (Å²) in [4.78, 5) is -1.43. The second-order valence-corrected chi connectivity index (χ2v) is 6.00. The largest absolute Gasteiger partial charge is 0.506 e. The van der Waals surface area contributed by atoms with Crippen molar-refractivity contribution in [3.05, 3.63) is 35.4 Å². The Hall–Kier alpha value is -2.43. The molecule has 2 aromatic rings. The molecule has 0 aromatic heterocycles. The Morgan fingerprint density at radius 2 is 1.00 bits per heavy atom. The van der Waals surface area contributed by atoms with Gasteiger partial charge in [-0.25, -0.2) is 0 Å². The molecule has 0 fully saturated rings. The van der Waals surface area contributed by atoms with E-state index in [9.17, 15) is 36.6 Å². The monoisotopic (exact) mass is 384 g/mol. The Morgan fingerprint density at radius 3 is 1.28 bits per heavy atom. The quantitative estimate of drug-likeness (QED) is 0.349. The minimum Gasteiger partial charge on any atom is -0.506 e. The summed E-state index contributed by atoms with van der Waals surface area (Å²) >= 11 is 0.0692. The molecule has 11 heteroatoms. The summed E-state index contributed by atoms with van der Waals surface area (Å²) in [6, 6.07) is 2.05. The third-order valence-corrected chi connectivity index (χ3v) is 4.20. The van der Waals surface area contributed by atoms with Crippen LogP contribution in [0.3, 0.4) is 0 Å². The lowest BCUT2D eigenvalue weighted by Crippen LogP contribution is -2.10. The van der Waals surface area contributed by atoms with E-state index >= 15 is 0 Å². The fourth-order valence-electron chi connectivity index (χ4n) is 1.90. The van der Waals surface area contributed by atoms with Crippen LogP contribution < -0.4 is 11.5 Å². The first kappa shape index (κ1) is 18.9. The van der Waals surface area contributed by atoms with Gasteiger partial charge in [-0.05, 0) is 24.3 Å². The van der Waals surface area contributed by atoms with Crippen LogP contribution in [0.5, 0.6) is 11.5 Å². The predicted molar refractivity (Wildman–Crippen MR) is 79.2 cm³/mol. The van der Waals surface area contributed by atoms with E-state index in [4.69, 9.17) is 11.5 Å². The average molecular weight is 384 g/mol. The molecule has 0 unspecified atom stereocenters. The number of phenols is 2. The van der Waals surface area contributed by atoms with Crippen molar-refractivity contribution < 1.29 is 36.6 Å². The first-order valence-electron chi connectivity index (χ1n) is 6.38. The van der Waals surface area contributed by atoms with Gasteiger partial charge >= 0.3 is 12.4 Å². The lowest BCUT2D eigenvalue weighted by Gasteiger charge is -2.17. The third-order valence-electron chi connectivity index (χ3n) is 3.09. The molecular weight excluding hydrogens is 374 g/mol. The van der Waals surface area contributed by atoms with Crippen LogP contribution in [-0.2, 0) is 12.4 Å². The smallest absolute Gasteiger partial charge is 0.417 e. The Labute approximate surface area is 141 Å². The topological polar surface area (TPSA) is 92.5 Å². The number of anilines is 2. The van der Waals surface area contributed by atoms with Gasteiger partial charge in [-0.1, -0.05) is 11.8 Å². The molecule has 6 N–H and O–H groups in total. The zero-order valence-electron chi connectivity index (χ0n) is 12.0. The van der Waals surface area contributed by atoms with E-state index in [1.165, 1.54) is 0 Å². The number of aromatic hydroxyl groups is 2. The molecule has 136 valence electrons. The summed E-state index contributed by atoms with van der Waals surface area (Å²) in [6.07, 6.45) is -9.84. The highest BCUT2D eigenvalue weighted by Crippen LogP contribution is 2.47. The van der Waals surface area contributed by atoms with Crippen LogP contribution in [0.2, 0.25) is 0 Å². The fraction of sp³-hybridized carbons (Fsp3) is 0.143. The van der Waals surface area contributed by atoms with Crippen molar-refractivity contribution in [1.82, 2.24) is 0 Å². The molecule has 0 aliphatic heterocycles. The average Bonchev–Trinajstić information content (AvgIpc) is 2.43. The molecule has 0 amide bonds. The van der Waals surface area contributed by atoms with Crippen molar-refractivity contribution in [3.63, 3.8) is 0 Å². The highest BCUT2D eigenvalue weighted by atomic mass is 32.2. The number of nitrogens with two attached hydrogens (primary N) is 2. The SMILES string of the molecule is Nc1cc(C(F)(F)F)c(Sc2cc(O)c(N)cc2C(F)(F)F)cc1O. The summed E-state index contributed by atoms with van der Waals surface area (Å²) in [5, 5.41) is 19.0. The molecule has 0 saturated carbocycles. The number of nitrogen functional groups attached to an aromatic ring is 2. The number of phenolic OH excluding ortho intramolecular Hbond substituents is 2. The summed E-state index contributed by atoms with van der Waals surface area (Å²) in [5.41, 5.74) is 6.66. The first-order chi connectivity index (χ1) is 11.3. The first-order valence-corrected chi connectivity index (χ1v) is 7.19. The molecule has 25 heavy (non-hydrogen) atoms. The number of alkyl halides is 6. The molecule has 0 atom stereocenters. The Balaban J connectivity index is 2.65. The van der Waals surface area contributed by atoms with E-state index in [1.54, 1.807) is 0 Å². The summed E-state index contributed by atoms with van der Waals surface area (Å²) in [7, 11) is 0. The molecule has 0 aliphatic carbocycles. The fourth-order valence-corrected chi connectivity index (χ4v) is 3.05. The van der Waals surface area contributed by atoms with Crippen LogP contribution in [-0.4, -0.2) is 10.2 Å². The molecule has 0 aliphatic rings. The number of hydrogen-bond acceptors (Lipinski definition) is 5. The van der Waals surface area contributed by atoms with Crippen molar-refractivity contribution in [2.45, 2.75) is 22.1 Å². The maximum Gasteiger partial charge on any atom is 0.417 e. The molecule has 2 rings (SSSR count). The van der Waals surface area contributed by atoms with Gasteiger partial charge in [-0.3, -0.25) is 0 Å². The summed E-state index contributed by atoms with van der Waals surface area (Å²) < 4.78 is 78.6. The molecule has 0 heterocycles. The van der Waals surface area contributed by atoms with E-state index in [1.807, 2.05) is 0 Å². The Kier molecular flexibility index (Phi) is 4.64. The van der Waals surface area contributed by atoms with Gasteiger partial charge in [0.15, 0.2) is 0 Å². The van der Waals surface area contributed by atoms with Gasteiger partial charge in [0.2, 0.25) is 0 Å². The number of rotatable bonds is 2. The van der Waals surface area contributed by atoms with E-state index < -0.39 is 56.1 Å². The van der Waals surface area contributed by atoms with Crippen LogP contribution in [0, 0.1) is 0 Å². The molecule has 2 aromatic carbocycles. The van der Waals surface area contributed by atoms with Gasteiger partial charge in [-0.2, -0.15) is 26.3 Å². The van der Waals surface area contributed by atoms with Gasteiger partial charge in [0.1, 0.15) is 11.5 Å². The van der Waals surface area contributed by atoms with Gasteiger partial charge in [0.05, 0.1) is 22.5 Å². The molecule has 0 bridgehead atoms. The van der Waals surface area contributed by atoms with E-state index in [2.05, 4.69) is 0 Å². The predicted octanol–water partition coefficient (Wildman–Crippen LogP) is 4.45. The van der Waals surface area contributed by atoms with Crippen LogP contribution in [0.15, 0.2) is 34.1 Å². The third kappa shape index (κ3) is 3.98. The van der Waals surface area contributed by atoms with Crippen molar-refractivity contribution in [2.75, 3.05) is 11.5 Å². The van der Waals surface area contributed by atoms with Crippen LogP contribution in [0.4, 0.5) is 37.7 Å². The van der Waals surface area contributed by atoms with Gasteiger partial charge in [-0.15, -0.1) is 0 Å². The van der Waals surface area contributed by atoms with Crippen molar-refractivity contribution >= 4 is 23.1 Å². The van der Waals surface area contributed by atoms with E-state index in [0.717, 1.165) is 0 Å². The Morgan fingerprint density at radius 1 is 0.680 bits per heavy atom.